The van der Waals surface area contributed by atoms with Crippen LogP contribution >= 0.6 is 28.3 Å². The molecule has 0 saturated heterocycles. The molecule has 194 valence electrons. The number of nitrogen functional groups attached to an aromatic ring is 1. The largest absolute Gasteiger partial charge is 0.504 e. The van der Waals surface area contributed by atoms with Crippen LogP contribution in [0.5, 0.6) is 23.0 Å². The van der Waals surface area contributed by atoms with Crippen molar-refractivity contribution in [2.45, 2.75) is 0 Å². The number of fused-ring (bicyclic) bond motifs is 1. The molecule has 3 aromatic carbocycles. The molecule has 0 radical (unpaired) electrons. The maximum Gasteiger partial charge on any atom is 0.355 e. The summed E-state index contributed by atoms with van der Waals surface area (Å²) in [7, 11) is 5.62. The van der Waals surface area contributed by atoms with Gasteiger partial charge in [-0.1, -0.05) is 0 Å². The molecule has 0 aliphatic rings. The van der Waals surface area contributed by atoms with Gasteiger partial charge in [0, 0.05) is 22.3 Å². The number of carbonyl (C=O) groups is 1. The molecule has 0 atom stereocenters. The van der Waals surface area contributed by atoms with E-state index in [-0.39, 0.29) is 35.0 Å². The molecule has 1 aromatic heterocycles. The fourth-order valence-corrected chi connectivity index (χ4v) is 4.60. The molecule has 4 aromatic rings. The van der Waals surface area contributed by atoms with Gasteiger partial charge >= 0.3 is 5.97 Å². The van der Waals surface area contributed by atoms with Crippen molar-refractivity contribution in [3.8, 4) is 39.8 Å². The van der Waals surface area contributed by atoms with Crippen LogP contribution in [0.15, 0.2) is 57.8 Å². The van der Waals surface area contributed by atoms with Crippen molar-refractivity contribution < 1.29 is 28.8 Å². The molecule has 0 bridgehead atoms. The second-order valence-electron chi connectivity index (χ2n) is 7.71. The van der Waals surface area contributed by atoms with Crippen LogP contribution in [0.2, 0.25) is 0 Å². The molecule has 0 fully saturated rings. The Kier molecular flexibility index (Phi) is 8.25. The van der Waals surface area contributed by atoms with Gasteiger partial charge in [0.2, 0.25) is 0 Å². The molecule has 3 N–H and O–H groups in total. The zero-order chi connectivity index (χ0) is 26.1. The summed E-state index contributed by atoms with van der Waals surface area (Å²) in [5.74, 6) is 0.0104. The number of hydrogen-bond donors (Lipinski definition) is 2. The Morgan fingerprint density at radius 3 is 1.97 bits per heavy atom. The Bertz CT molecular complexity index is 1530. The number of rotatable bonds is 6. The minimum absolute atomic E-state index is 0. The molecule has 37 heavy (non-hydrogen) atoms. The van der Waals surface area contributed by atoms with E-state index in [0.717, 1.165) is 0 Å². The lowest BCUT2D eigenvalue weighted by molar-refractivity contribution is 0.0591. The number of nitrogens with two attached hydrogens (primary N) is 1. The lowest BCUT2D eigenvalue weighted by Gasteiger charge is -2.20. The normalized spacial score (nSPS) is 10.5. The summed E-state index contributed by atoms with van der Waals surface area (Å²) >= 11 is 3.46. The Morgan fingerprint density at radius 1 is 0.892 bits per heavy atom. The molecule has 9 nitrogen and oxygen atoms in total. The molecule has 4 rings (SSSR count). The molecule has 0 saturated carbocycles. The van der Waals surface area contributed by atoms with Crippen molar-refractivity contribution in [3.63, 3.8) is 0 Å². The van der Waals surface area contributed by atoms with Gasteiger partial charge in [0.15, 0.2) is 11.5 Å². The maximum atomic E-state index is 13.8. The monoisotopic (exact) mass is 590 g/mol. The summed E-state index contributed by atoms with van der Waals surface area (Å²) in [5, 5.41) is 11.0. The topological polar surface area (TPSA) is 122 Å². The number of aromatic hydroxyl groups is 1. The van der Waals surface area contributed by atoms with Crippen molar-refractivity contribution in [3.05, 3.63) is 69.1 Å². The average molecular weight is 592 g/mol. The molecule has 0 amide bonds. The Hall–Kier alpha value is -3.89. The van der Waals surface area contributed by atoms with E-state index >= 15 is 0 Å². The standard InChI is InChI=1S/C26H23BrN2O7.ClH/c1-33-19-12-16-17(11-18(19)30)25(31)29(15-7-5-14(28)6-8-15)24(26(32)36-4)22(16)13-9-20(34-2)23(27)21(10-13)35-3;/h5-12,30H,28H2,1-4H3;1H. The predicted molar refractivity (Wildman–Crippen MR) is 147 cm³/mol. The van der Waals surface area contributed by atoms with Crippen LogP contribution in [-0.4, -0.2) is 44.1 Å². The Labute approximate surface area is 226 Å². The summed E-state index contributed by atoms with van der Waals surface area (Å²) in [5.41, 5.74) is 6.96. The number of carbonyl (C=O) groups excluding carboxylic acids is 1. The molecule has 0 aliphatic carbocycles. The van der Waals surface area contributed by atoms with Crippen LogP contribution in [0.4, 0.5) is 5.69 Å². The van der Waals surface area contributed by atoms with Crippen molar-refractivity contribution in [1.29, 1.82) is 0 Å². The number of aromatic nitrogens is 1. The average Bonchev–Trinajstić information content (AvgIpc) is 2.89. The van der Waals surface area contributed by atoms with Gasteiger partial charge < -0.3 is 29.8 Å². The highest BCUT2D eigenvalue weighted by molar-refractivity contribution is 9.10. The summed E-state index contributed by atoms with van der Waals surface area (Å²) in [6.07, 6.45) is 0. The van der Waals surface area contributed by atoms with Crippen LogP contribution in [0, 0.1) is 0 Å². The first kappa shape index (κ1) is 27.7. The number of phenols is 1. The van der Waals surface area contributed by atoms with E-state index in [1.54, 1.807) is 36.4 Å². The molecule has 0 aliphatic heterocycles. The van der Waals surface area contributed by atoms with Crippen LogP contribution < -0.4 is 25.5 Å². The van der Waals surface area contributed by atoms with E-state index in [4.69, 9.17) is 24.7 Å². The van der Waals surface area contributed by atoms with Gasteiger partial charge in [0.25, 0.3) is 5.56 Å². The maximum absolute atomic E-state index is 13.8. The van der Waals surface area contributed by atoms with E-state index in [0.29, 0.717) is 43.9 Å². The van der Waals surface area contributed by atoms with E-state index in [2.05, 4.69) is 15.9 Å². The fourth-order valence-electron chi connectivity index (χ4n) is 4.04. The second kappa shape index (κ2) is 11.0. The molecule has 0 unspecified atom stereocenters. The third-order valence-corrected chi connectivity index (χ3v) is 6.53. The second-order valence-corrected chi connectivity index (χ2v) is 8.50. The van der Waals surface area contributed by atoms with Crippen LogP contribution in [0.1, 0.15) is 10.5 Å². The number of hydrogen-bond acceptors (Lipinski definition) is 8. The molecular formula is C26H24BrClN2O7. The number of halogens is 2. The van der Waals surface area contributed by atoms with Gasteiger partial charge in [-0.2, -0.15) is 0 Å². The summed E-state index contributed by atoms with van der Waals surface area (Å²) in [4.78, 5) is 27.1. The van der Waals surface area contributed by atoms with E-state index in [1.807, 2.05) is 0 Å². The predicted octanol–water partition coefficient (Wildman–Crippen LogP) is 4.94. The number of nitrogens with zero attached hydrogens (tertiary/aromatic N) is 1. The van der Waals surface area contributed by atoms with Gasteiger partial charge in [-0.15, -0.1) is 12.4 Å². The number of pyridine rings is 1. The van der Waals surface area contributed by atoms with E-state index in [9.17, 15) is 14.7 Å². The zero-order valence-electron chi connectivity index (χ0n) is 20.3. The zero-order valence-corrected chi connectivity index (χ0v) is 22.7. The van der Waals surface area contributed by atoms with Crippen molar-refractivity contribution in [1.82, 2.24) is 4.57 Å². The summed E-state index contributed by atoms with van der Waals surface area (Å²) in [6.45, 7) is 0. The molecule has 1 heterocycles. The minimum Gasteiger partial charge on any atom is -0.504 e. The number of anilines is 1. The molecule has 0 spiro atoms. The Balaban J connectivity index is 0.00000380. The quantitative estimate of drug-likeness (QED) is 0.239. The first-order valence-electron chi connectivity index (χ1n) is 10.6. The van der Waals surface area contributed by atoms with Crippen LogP contribution in [0.25, 0.3) is 27.6 Å². The number of phenolic OH excluding ortho intramolecular Hbond substituents is 1. The van der Waals surface area contributed by atoms with Gasteiger partial charge in [-0.3, -0.25) is 9.36 Å². The van der Waals surface area contributed by atoms with E-state index < -0.39 is 11.5 Å². The van der Waals surface area contributed by atoms with Crippen molar-refractivity contribution in [2.75, 3.05) is 34.2 Å². The molecular weight excluding hydrogens is 568 g/mol. The Morgan fingerprint density at radius 2 is 1.46 bits per heavy atom. The third kappa shape index (κ3) is 4.77. The highest BCUT2D eigenvalue weighted by Crippen LogP contribution is 2.43. The van der Waals surface area contributed by atoms with Crippen molar-refractivity contribution in [2.24, 2.45) is 0 Å². The first-order valence-corrected chi connectivity index (χ1v) is 11.4. The number of benzene rings is 3. The van der Waals surface area contributed by atoms with Gasteiger partial charge in [0.1, 0.15) is 21.7 Å². The van der Waals surface area contributed by atoms with Crippen LogP contribution in [0.3, 0.4) is 0 Å². The smallest absolute Gasteiger partial charge is 0.355 e. The van der Waals surface area contributed by atoms with Gasteiger partial charge in [-0.25, -0.2) is 4.79 Å². The van der Waals surface area contributed by atoms with Crippen molar-refractivity contribution >= 4 is 50.8 Å². The SMILES string of the molecule is COC(=O)c1c(-c2cc(OC)c(Br)c(OC)c2)c2cc(OC)c(O)cc2c(=O)n1-c1ccc(N)cc1.Cl. The van der Waals surface area contributed by atoms with E-state index in [1.165, 1.54) is 45.1 Å². The molecule has 11 heteroatoms. The number of ether oxygens (including phenoxy) is 4. The highest BCUT2D eigenvalue weighted by Gasteiger charge is 2.27. The number of methoxy groups -OCH3 is 4. The summed E-state index contributed by atoms with van der Waals surface area (Å²) < 4.78 is 23.3. The van der Waals surface area contributed by atoms with Gasteiger partial charge in [0.05, 0.1) is 33.8 Å². The summed E-state index contributed by atoms with van der Waals surface area (Å²) in [6, 6.07) is 12.7. The van der Waals surface area contributed by atoms with Gasteiger partial charge in [-0.05, 0) is 70.0 Å². The first-order chi connectivity index (χ1) is 17.2. The highest BCUT2D eigenvalue weighted by atomic mass is 79.9. The minimum atomic E-state index is -0.756. The van der Waals surface area contributed by atoms with Crippen LogP contribution in [-0.2, 0) is 4.74 Å². The lowest BCUT2D eigenvalue weighted by atomic mass is 9.95. The fraction of sp³-hybridized carbons (Fsp3) is 0.154. The lowest BCUT2D eigenvalue weighted by Crippen LogP contribution is -2.27. The third-order valence-electron chi connectivity index (χ3n) is 5.75. The number of esters is 1.